The highest BCUT2D eigenvalue weighted by atomic mass is 16.1. The lowest BCUT2D eigenvalue weighted by Crippen LogP contribution is -2.09. The van der Waals surface area contributed by atoms with Crippen molar-refractivity contribution in [1.29, 1.82) is 0 Å². The molecular formula is C7H13N3O. The first-order valence-electron chi connectivity index (χ1n) is 3.69. The summed E-state index contributed by atoms with van der Waals surface area (Å²) in [6.45, 7) is 0.664. The van der Waals surface area contributed by atoms with Crippen molar-refractivity contribution in [1.82, 2.24) is 9.78 Å². The lowest BCUT2D eigenvalue weighted by atomic mass is 10.2. The summed E-state index contributed by atoms with van der Waals surface area (Å²) in [7, 11) is 1.70. The van der Waals surface area contributed by atoms with Crippen LogP contribution in [0.4, 0.5) is 0 Å². The summed E-state index contributed by atoms with van der Waals surface area (Å²) >= 11 is 0. The molecule has 62 valence electrons. The maximum atomic E-state index is 10.9. The maximum absolute atomic E-state index is 10.9. The van der Waals surface area contributed by atoms with Gasteiger partial charge in [0.1, 0.15) is 0 Å². The number of nitrogens with one attached hydrogen (secondary N) is 1. The third-order valence-electron chi connectivity index (χ3n) is 1.59. The molecule has 0 radical (unpaired) electrons. The molecule has 0 aliphatic carbocycles. The van der Waals surface area contributed by atoms with Gasteiger partial charge in [0.05, 0.1) is 0 Å². The maximum Gasteiger partial charge on any atom is 0.266 e. The van der Waals surface area contributed by atoms with Crippen molar-refractivity contribution >= 4 is 0 Å². The molecule has 4 nitrogen and oxygen atoms in total. The molecular weight excluding hydrogens is 142 g/mol. The van der Waals surface area contributed by atoms with E-state index in [4.69, 9.17) is 5.73 Å². The Morgan fingerprint density at radius 2 is 2.45 bits per heavy atom. The molecule has 0 unspecified atom stereocenters. The van der Waals surface area contributed by atoms with Gasteiger partial charge in [-0.1, -0.05) is 0 Å². The van der Waals surface area contributed by atoms with Gasteiger partial charge < -0.3 is 5.73 Å². The predicted molar refractivity (Wildman–Crippen MR) is 43.4 cm³/mol. The summed E-state index contributed by atoms with van der Waals surface area (Å²) in [5.74, 6) is 0. The number of H-pyrrole nitrogens is 1. The fraction of sp³-hybridized carbons (Fsp3) is 0.571. The Balaban J connectivity index is 2.65. The van der Waals surface area contributed by atoms with E-state index in [1.54, 1.807) is 13.1 Å². The third-order valence-corrected chi connectivity index (χ3v) is 1.59. The lowest BCUT2D eigenvalue weighted by molar-refractivity contribution is 0.706. The average Bonchev–Trinajstić information content (AvgIpc) is 2.28. The summed E-state index contributed by atoms with van der Waals surface area (Å²) in [6.07, 6.45) is 1.77. The number of aromatic nitrogens is 2. The van der Waals surface area contributed by atoms with Crippen LogP contribution < -0.4 is 11.3 Å². The molecule has 0 amide bonds. The van der Waals surface area contributed by atoms with Crippen molar-refractivity contribution in [2.45, 2.75) is 12.8 Å². The van der Waals surface area contributed by atoms with Gasteiger partial charge in [-0.15, -0.1) is 0 Å². The second-order valence-corrected chi connectivity index (χ2v) is 2.57. The van der Waals surface area contributed by atoms with Crippen molar-refractivity contribution in [3.63, 3.8) is 0 Å². The van der Waals surface area contributed by atoms with Gasteiger partial charge >= 0.3 is 0 Å². The molecule has 1 heterocycles. The van der Waals surface area contributed by atoms with Gasteiger partial charge in [-0.3, -0.25) is 14.6 Å². The summed E-state index contributed by atoms with van der Waals surface area (Å²) in [6, 6.07) is 1.61. The summed E-state index contributed by atoms with van der Waals surface area (Å²) in [4.78, 5) is 10.9. The summed E-state index contributed by atoms with van der Waals surface area (Å²) in [5, 5.41) is 2.93. The van der Waals surface area contributed by atoms with E-state index < -0.39 is 0 Å². The largest absolute Gasteiger partial charge is 0.330 e. The normalized spacial score (nSPS) is 10.4. The predicted octanol–water partition coefficient (Wildman–Crippen LogP) is -0.395. The highest BCUT2D eigenvalue weighted by Crippen LogP contribution is 1.93. The molecule has 0 fully saturated rings. The van der Waals surface area contributed by atoms with Gasteiger partial charge in [-0.2, -0.15) is 0 Å². The molecule has 0 bridgehead atoms. The van der Waals surface area contributed by atoms with E-state index in [9.17, 15) is 4.79 Å². The van der Waals surface area contributed by atoms with Crippen LogP contribution in [0.5, 0.6) is 0 Å². The molecule has 0 atom stereocenters. The molecule has 1 aromatic heterocycles. The Labute approximate surface area is 65.0 Å². The molecule has 0 saturated carbocycles. The number of aromatic amines is 1. The minimum Gasteiger partial charge on any atom is -0.330 e. The highest BCUT2D eigenvalue weighted by Gasteiger charge is 1.97. The van der Waals surface area contributed by atoms with Crippen LogP contribution in [0.1, 0.15) is 12.1 Å². The molecule has 4 heteroatoms. The van der Waals surface area contributed by atoms with Gasteiger partial charge in [-0.25, -0.2) is 0 Å². The number of hydrogen-bond acceptors (Lipinski definition) is 2. The van der Waals surface area contributed by atoms with Gasteiger partial charge in [0, 0.05) is 18.8 Å². The lowest BCUT2D eigenvalue weighted by Gasteiger charge is -1.93. The molecule has 1 aromatic rings. The monoisotopic (exact) mass is 155 g/mol. The van der Waals surface area contributed by atoms with Crippen LogP contribution in [0.2, 0.25) is 0 Å². The quantitative estimate of drug-likeness (QED) is 0.624. The first-order chi connectivity index (χ1) is 5.24. The van der Waals surface area contributed by atoms with Crippen LogP contribution in [0, 0.1) is 0 Å². The molecule has 11 heavy (non-hydrogen) atoms. The summed E-state index contributed by atoms with van der Waals surface area (Å²) < 4.78 is 1.46. The number of hydrogen-bond donors (Lipinski definition) is 2. The number of rotatable bonds is 3. The van der Waals surface area contributed by atoms with Crippen LogP contribution in [0.25, 0.3) is 0 Å². The first kappa shape index (κ1) is 8.07. The zero-order valence-corrected chi connectivity index (χ0v) is 6.63. The molecule has 0 aromatic carbocycles. The number of aryl methyl sites for hydroxylation is 2. The first-order valence-corrected chi connectivity index (χ1v) is 3.69. The van der Waals surface area contributed by atoms with E-state index in [0.717, 1.165) is 18.5 Å². The molecule has 3 N–H and O–H groups in total. The molecule has 0 aliphatic rings. The Kier molecular flexibility index (Phi) is 2.48. The smallest absolute Gasteiger partial charge is 0.266 e. The van der Waals surface area contributed by atoms with Crippen LogP contribution in [-0.2, 0) is 13.5 Å². The van der Waals surface area contributed by atoms with Crippen molar-refractivity contribution in [2.24, 2.45) is 12.8 Å². The second-order valence-electron chi connectivity index (χ2n) is 2.57. The van der Waals surface area contributed by atoms with Gasteiger partial charge in [-0.05, 0) is 19.4 Å². The Morgan fingerprint density at radius 3 is 2.91 bits per heavy atom. The van der Waals surface area contributed by atoms with E-state index in [0.29, 0.717) is 6.54 Å². The van der Waals surface area contributed by atoms with E-state index in [2.05, 4.69) is 5.10 Å². The van der Waals surface area contributed by atoms with Gasteiger partial charge in [0.15, 0.2) is 0 Å². The van der Waals surface area contributed by atoms with Crippen molar-refractivity contribution in [2.75, 3.05) is 6.54 Å². The Hall–Kier alpha value is -1.03. The zero-order valence-electron chi connectivity index (χ0n) is 6.63. The van der Waals surface area contributed by atoms with Gasteiger partial charge in [0.25, 0.3) is 5.56 Å². The zero-order chi connectivity index (χ0) is 8.27. The topological polar surface area (TPSA) is 63.8 Å². The van der Waals surface area contributed by atoms with Crippen LogP contribution in [0.3, 0.4) is 0 Å². The van der Waals surface area contributed by atoms with Crippen molar-refractivity contribution in [3.05, 3.63) is 22.1 Å². The SMILES string of the molecule is Cn1[nH]c(CCCN)cc1=O. The van der Waals surface area contributed by atoms with Crippen LogP contribution in [0.15, 0.2) is 10.9 Å². The van der Waals surface area contributed by atoms with Crippen LogP contribution in [-0.4, -0.2) is 16.3 Å². The minimum atomic E-state index is 0.0111. The molecule has 0 aliphatic heterocycles. The minimum absolute atomic E-state index is 0.0111. The molecule has 0 spiro atoms. The Morgan fingerprint density at radius 1 is 1.73 bits per heavy atom. The van der Waals surface area contributed by atoms with E-state index in [1.165, 1.54) is 4.68 Å². The highest BCUT2D eigenvalue weighted by molar-refractivity contribution is 4.99. The number of nitrogens with two attached hydrogens (primary N) is 1. The fourth-order valence-corrected chi connectivity index (χ4v) is 0.969. The van der Waals surface area contributed by atoms with E-state index in [-0.39, 0.29) is 5.56 Å². The molecule has 1 rings (SSSR count). The average molecular weight is 155 g/mol. The van der Waals surface area contributed by atoms with Crippen molar-refractivity contribution < 1.29 is 0 Å². The second kappa shape index (κ2) is 3.39. The van der Waals surface area contributed by atoms with Crippen molar-refractivity contribution in [3.8, 4) is 0 Å². The Bertz CT molecular complexity index is 273. The molecule has 0 saturated heterocycles. The standard InChI is InChI=1S/C7H13N3O/c1-10-7(11)5-6(9-10)3-2-4-8/h5,9H,2-4,8H2,1H3. The summed E-state index contributed by atoms with van der Waals surface area (Å²) in [5.41, 5.74) is 6.29. The van der Waals surface area contributed by atoms with E-state index in [1.807, 2.05) is 0 Å². The third kappa shape index (κ3) is 1.94. The van der Waals surface area contributed by atoms with E-state index >= 15 is 0 Å². The number of nitrogens with zero attached hydrogens (tertiary/aromatic N) is 1. The van der Waals surface area contributed by atoms with Gasteiger partial charge in [0.2, 0.25) is 0 Å². The van der Waals surface area contributed by atoms with Crippen LogP contribution >= 0.6 is 0 Å². The fourth-order valence-electron chi connectivity index (χ4n) is 0.969.